The van der Waals surface area contributed by atoms with Crippen molar-refractivity contribution in [3.8, 4) is 0 Å². The van der Waals surface area contributed by atoms with Crippen LogP contribution < -0.4 is 0 Å². The molecule has 0 spiro atoms. The molecule has 1 rings (SSSR count). The van der Waals surface area contributed by atoms with Crippen molar-refractivity contribution in [1.82, 2.24) is 0 Å². The van der Waals surface area contributed by atoms with Crippen LogP contribution in [-0.2, 0) is 0 Å². The Morgan fingerprint density at radius 2 is 1.00 bits per heavy atom. The van der Waals surface area contributed by atoms with E-state index in [0.717, 1.165) is 0 Å². The largest absolute Gasteiger partial charge is 0.0845 e. The number of hydrogen-bond donors (Lipinski definition) is 0. The van der Waals surface area contributed by atoms with E-state index in [9.17, 15) is 0 Å². The SMILES string of the molecule is C1=CCCC/C=C/C=C\C=C\1. The van der Waals surface area contributed by atoms with Gasteiger partial charge in [-0.05, 0) is 19.3 Å². The lowest BCUT2D eigenvalue weighted by atomic mass is 10.2. The molecule has 0 heterocycles. The first-order chi connectivity index (χ1) is 5.50. The Morgan fingerprint density at radius 1 is 0.545 bits per heavy atom. The maximum absolute atomic E-state index is 2.21. The van der Waals surface area contributed by atoms with Crippen LogP contribution in [0.4, 0.5) is 0 Å². The summed E-state index contributed by atoms with van der Waals surface area (Å²) < 4.78 is 0. The molecule has 11 heavy (non-hydrogen) atoms. The summed E-state index contributed by atoms with van der Waals surface area (Å²) in [4.78, 5) is 0. The molecule has 0 fully saturated rings. The molecule has 1 aliphatic rings. The Labute approximate surface area is 68.6 Å². The summed E-state index contributed by atoms with van der Waals surface area (Å²) in [7, 11) is 0. The van der Waals surface area contributed by atoms with Gasteiger partial charge in [-0.25, -0.2) is 0 Å². The summed E-state index contributed by atoms with van der Waals surface area (Å²) >= 11 is 0. The van der Waals surface area contributed by atoms with E-state index in [0.29, 0.717) is 0 Å². The first-order valence-corrected chi connectivity index (χ1v) is 4.15. The zero-order valence-electron chi connectivity index (χ0n) is 6.74. The van der Waals surface area contributed by atoms with Gasteiger partial charge in [0.05, 0.1) is 0 Å². The molecular formula is C11H14. The zero-order valence-corrected chi connectivity index (χ0v) is 6.74. The lowest BCUT2D eigenvalue weighted by Crippen LogP contribution is -1.67. The third kappa shape index (κ3) is 4.38. The number of allylic oxidation sites excluding steroid dienone is 8. The predicted molar refractivity (Wildman–Crippen MR) is 50.4 cm³/mol. The van der Waals surface area contributed by atoms with Crippen molar-refractivity contribution in [2.45, 2.75) is 19.3 Å². The molecular weight excluding hydrogens is 132 g/mol. The van der Waals surface area contributed by atoms with Gasteiger partial charge in [0.2, 0.25) is 0 Å². The van der Waals surface area contributed by atoms with Crippen LogP contribution in [0, 0.1) is 0 Å². The van der Waals surface area contributed by atoms with Gasteiger partial charge in [-0.3, -0.25) is 0 Å². The summed E-state index contributed by atoms with van der Waals surface area (Å²) in [6.07, 6.45) is 20.5. The molecule has 0 radical (unpaired) electrons. The van der Waals surface area contributed by atoms with Gasteiger partial charge in [-0.2, -0.15) is 0 Å². The fraction of sp³-hybridized carbons (Fsp3) is 0.273. The van der Waals surface area contributed by atoms with Crippen molar-refractivity contribution in [3.63, 3.8) is 0 Å². The van der Waals surface area contributed by atoms with Crippen LogP contribution in [-0.4, -0.2) is 0 Å². The summed E-state index contributed by atoms with van der Waals surface area (Å²) in [5.41, 5.74) is 0. The number of hydrogen-bond acceptors (Lipinski definition) is 0. The molecule has 58 valence electrons. The molecule has 0 unspecified atom stereocenters. The molecule has 1 aliphatic carbocycles. The molecule has 0 nitrogen and oxygen atoms in total. The van der Waals surface area contributed by atoms with Crippen LogP contribution in [0.25, 0.3) is 0 Å². The average molecular weight is 146 g/mol. The maximum atomic E-state index is 2.21. The first-order valence-electron chi connectivity index (χ1n) is 4.15. The smallest absolute Gasteiger partial charge is 0.0345 e. The maximum Gasteiger partial charge on any atom is -0.0345 e. The van der Waals surface area contributed by atoms with Crippen molar-refractivity contribution in [2.24, 2.45) is 0 Å². The minimum Gasteiger partial charge on any atom is -0.0845 e. The quantitative estimate of drug-likeness (QED) is 0.491. The summed E-state index contributed by atoms with van der Waals surface area (Å²) in [5.74, 6) is 0. The van der Waals surface area contributed by atoms with Crippen LogP contribution in [0.5, 0.6) is 0 Å². The van der Waals surface area contributed by atoms with E-state index in [1.165, 1.54) is 19.3 Å². The van der Waals surface area contributed by atoms with Crippen LogP contribution in [0.1, 0.15) is 19.3 Å². The van der Waals surface area contributed by atoms with Gasteiger partial charge >= 0.3 is 0 Å². The van der Waals surface area contributed by atoms with E-state index in [4.69, 9.17) is 0 Å². The van der Waals surface area contributed by atoms with Gasteiger partial charge in [-0.1, -0.05) is 48.6 Å². The highest BCUT2D eigenvalue weighted by molar-refractivity contribution is 5.15. The molecule has 0 aromatic carbocycles. The third-order valence-electron chi connectivity index (χ3n) is 1.57. The molecule has 0 N–H and O–H groups in total. The van der Waals surface area contributed by atoms with Gasteiger partial charge in [0.15, 0.2) is 0 Å². The highest BCUT2D eigenvalue weighted by Gasteiger charge is 1.79. The Morgan fingerprint density at radius 3 is 1.55 bits per heavy atom. The third-order valence-corrected chi connectivity index (χ3v) is 1.57. The minimum absolute atomic E-state index is 1.19. The van der Waals surface area contributed by atoms with Gasteiger partial charge in [0.25, 0.3) is 0 Å². The second-order valence-corrected chi connectivity index (χ2v) is 2.56. The second kappa shape index (κ2) is 5.72. The Kier molecular flexibility index (Phi) is 4.19. The van der Waals surface area contributed by atoms with Crippen molar-refractivity contribution >= 4 is 0 Å². The molecule has 0 saturated carbocycles. The van der Waals surface area contributed by atoms with E-state index in [-0.39, 0.29) is 0 Å². The lowest BCUT2D eigenvalue weighted by Gasteiger charge is -1.87. The Balaban J connectivity index is 2.47. The van der Waals surface area contributed by atoms with Crippen LogP contribution in [0.3, 0.4) is 0 Å². The molecule has 0 bridgehead atoms. The molecule has 0 aromatic rings. The van der Waals surface area contributed by atoms with Crippen LogP contribution >= 0.6 is 0 Å². The van der Waals surface area contributed by atoms with E-state index in [1.54, 1.807) is 0 Å². The minimum atomic E-state index is 1.19. The van der Waals surface area contributed by atoms with E-state index < -0.39 is 0 Å². The highest BCUT2D eigenvalue weighted by atomic mass is 13.9. The fourth-order valence-corrected chi connectivity index (χ4v) is 0.960. The van der Waals surface area contributed by atoms with Gasteiger partial charge in [0.1, 0.15) is 0 Å². The van der Waals surface area contributed by atoms with Gasteiger partial charge < -0.3 is 0 Å². The summed E-state index contributed by atoms with van der Waals surface area (Å²) in [6.45, 7) is 0. The zero-order chi connectivity index (χ0) is 7.78. The van der Waals surface area contributed by atoms with Gasteiger partial charge in [-0.15, -0.1) is 0 Å². The Bertz CT molecular complexity index is 170. The first kappa shape index (κ1) is 8.06. The summed E-state index contributed by atoms with van der Waals surface area (Å²) in [6, 6.07) is 0. The fourth-order valence-electron chi connectivity index (χ4n) is 0.960. The standard InChI is InChI=1S/C11H14/c1-2-4-6-8-10-11-9-7-5-3-1/h1-8H,9-11H2/b3-1-,4-2+,7-5+,8-6?. The van der Waals surface area contributed by atoms with Crippen LogP contribution in [0.2, 0.25) is 0 Å². The summed E-state index contributed by atoms with van der Waals surface area (Å²) in [5, 5.41) is 0. The Hall–Kier alpha value is -1.04. The molecule has 0 heteroatoms. The molecule has 0 atom stereocenters. The van der Waals surface area contributed by atoms with E-state index in [1.807, 2.05) is 12.2 Å². The highest BCUT2D eigenvalue weighted by Crippen LogP contribution is 1.99. The number of rotatable bonds is 0. The van der Waals surface area contributed by atoms with Gasteiger partial charge in [0, 0.05) is 0 Å². The van der Waals surface area contributed by atoms with Crippen molar-refractivity contribution < 1.29 is 0 Å². The van der Waals surface area contributed by atoms with E-state index in [2.05, 4.69) is 36.5 Å². The lowest BCUT2D eigenvalue weighted by molar-refractivity contribution is 0.868. The second-order valence-electron chi connectivity index (χ2n) is 2.56. The molecule has 0 amide bonds. The average Bonchev–Trinajstić information content (AvgIpc) is 2.08. The van der Waals surface area contributed by atoms with Crippen molar-refractivity contribution in [2.75, 3.05) is 0 Å². The van der Waals surface area contributed by atoms with Crippen molar-refractivity contribution in [1.29, 1.82) is 0 Å². The van der Waals surface area contributed by atoms with E-state index >= 15 is 0 Å². The topological polar surface area (TPSA) is 0 Å². The molecule has 0 aromatic heterocycles. The normalized spacial score (nSPS) is 26.9. The van der Waals surface area contributed by atoms with Crippen LogP contribution in [0.15, 0.2) is 48.6 Å². The van der Waals surface area contributed by atoms with Crippen molar-refractivity contribution in [3.05, 3.63) is 48.6 Å². The molecule has 0 saturated heterocycles. The molecule has 0 aliphatic heterocycles. The predicted octanol–water partition coefficient (Wildman–Crippen LogP) is 3.40. The monoisotopic (exact) mass is 146 g/mol.